The molecule has 0 radical (unpaired) electrons. The van der Waals surface area contributed by atoms with Gasteiger partial charge in [-0.1, -0.05) is 71.2 Å². The molecule has 0 atom stereocenters. The van der Waals surface area contributed by atoms with Crippen LogP contribution < -0.4 is 16.0 Å². The van der Waals surface area contributed by atoms with Crippen molar-refractivity contribution in [2.24, 2.45) is 0 Å². The molecule has 4 aromatic rings. The first-order chi connectivity index (χ1) is 20.9. The molecule has 6 nitrogen and oxygen atoms in total. The molecule has 226 valence electrons. The van der Waals surface area contributed by atoms with Crippen LogP contribution in [0.25, 0.3) is 6.08 Å². The van der Waals surface area contributed by atoms with E-state index in [1.807, 2.05) is 0 Å². The van der Waals surface area contributed by atoms with Gasteiger partial charge in [-0.2, -0.15) is 13.2 Å². The third-order valence-corrected chi connectivity index (χ3v) is 8.00. The Balaban J connectivity index is 1.47. The van der Waals surface area contributed by atoms with Gasteiger partial charge in [0.15, 0.2) is 0 Å². The van der Waals surface area contributed by atoms with Crippen molar-refractivity contribution < 1.29 is 27.6 Å². The van der Waals surface area contributed by atoms with Gasteiger partial charge in [0.1, 0.15) is 5.70 Å². The third kappa shape index (κ3) is 9.03. The molecule has 0 fully saturated rings. The number of thioether (sulfide) groups is 1. The number of carbonyl (C=O) groups is 3. The number of benzene rings is 4. The Labute approximate surface area is 269 Å². The maximum atomic E-state index is 13.4. The first-order valence-corrected chi connectivity index (χ1v) is 14.8. The quantitative estimate of drug-likeness (QED) is 0.122. The molecule has 0 saturated carbocycles. The fourth-order valence-corrected chi connectivity index (χ4v) is 5.01. The average molecular weight is 679 g/mol. The molecular weight excluding hydrogens is 658 g/mol. The third-order valence-electron chi connectivity index (χ3n) is 5.84. The van der Waals surface area contributed by atoms with E-state index < -0.39 is 29.5 Å². The largest absolute Gasteiger partial charge is 0.416 e. The van der Waals surface area contributed by atoms with Gasteiger partial charge in [-0.3, -0.25) is 14.4 Å². The molecule has 0 aliphatic carbocycles. The number of nitrogens with one attached hydrogen (secondary N) is 3. The van der Waals surface area contributed by atoms with Crippen molar-refractivity contribution in [3.05, 3.63) is 128 Å². The van der Waals surface area contributed by atoms with Crippen molar-refractivity contribution in [2.75, 3.05) is 16.4 Å². The van der Waals surface area contributed by atoms with Gasteiger partial charge in [-0.25, -0.2) is 0 Å². The summed E-state index contributed by atoms with van der Waals surface area (Å²) in [6, 6.07) is 22.3. The normalized spacial score (nSPS) is 11.5. The first-order valence-electron chi connectivity index (χ1n) is 12.6. The number of halogens is 6. The second-order valence-corrected chi connectivity index (χ2v) is 11.3. The molecule has 0 aliphatic rings. The van der Waals surface area contributed by atoms with Gasteiger partial charge in [0, 0.05) is 16.1 Å². The van der Waals surface area contributed by atoms with E-state index >= 15 is 0 Å². The van der Waals surface area contributed by atoms with Gasteiger partial charge in [-0.15, -0.1) is 11.8 Å². The minimum Gasteiger partial charge on any atom is -0.324 e. The van der Waals surface area contributed by atoms with Crippen LogP contribution in [-0.2, 0) is 15.8 Å². The van der Waals surface area contributed by atoms with Crippen molar-refractivity contribution >= 4 is 81.7 Å². The van der Waals surface area contributed by atoms with E-state index in [0.29, 0.717) is 21.7 Å². The van der Waals surface area contributed by atoms with E-state index in [2.05, 4.69) is 16.0 Å². The molecule has 4 aromatic carbocycles. The van der Waals surface area contributed by atoms with Crippen molar-refractivity contribution in [1.29, 1.82) is 0 Å². The van der Waals surface area contributed by atoms with Gasteiger partial charge >= 0.3 is 6.18 Å². The molecule has 0 bridgehead atoms. The van der Waals surface area contributed by atoms with Crippen LogP contribution in [0, 0.1) is 0 Å². The zero-order valence-electron chi connectivity index (χ0n) is 22.3. The summed E-state index contributed by atoms with van der Waals surface area (Å²) in [5, 5.41) is 8.13. The standard InChI is InChI=1S/C31H21Cl3F3N3O3S/c32-23-13-12-20(31(35,36)37)15-25(23)39-27(41)17-44-22-10-5-9-21(16-22)38-30(43)26(14-19-8-4-11-24(33)28(19)34)40-29(42)18-6-2-1-3-7-18/h1-16H,17H2,(H,38,43)(H,39,41)(H,40,42)/b26-14+. The van der Waals surface area contributed by atoms with E-state index in [4.69, 9.17) is 34.8 Å². The van der Waals surface area contributed by atoms with E-state index in [9.17, 15) is 27.6 Å². The average Bonchev–Trinajstić information content (AvgIpc) is 2.99. The SMILES string of the molecule is O=C(CSc1cccc(NC(=O)/C(=C\c2cccc(Cl)c2Cl)NC(=O)c2ccccc2)c1)Nc1cc(C(F)(F)F)ccc1Cl. The van der Waals surface area contributed by atoms with Gasteiger partial charge in [0.2, 0.25) is 5.91 Å². The van der Waals surface area contributed by atoms with Crippen LogP contribution in [0.2, 0.25) is 15.1 Å². The molecule has 0 saturated heterocycles. The summed E-state index contributed by atoms with van der Waals surface area (Å²) in [6.07, 6.45) is -3.20. The summed E-state index contributed by atoms with van der Waals surface area (Å²) in [5.41, 5.74) is -0.152. The molecule has 4 rings (SSSR count). The van der Waals surface area contributed by atoms with Gasteiger partial charge in [0.25, 0.3) is 11.8 Å². The van der Waals surface area contributed by atoms with Crippen LogP contribution >= 0.6 is 46.6 Å². The fraction of sp³-hybridized carbons (Fsp3) is 0.0645. The minimum absolute atomic E-state index is 0.0386. The Hall–Kier alpha value is -3.96. The van der Waals surface area contributed by atoms with Crippen molar-refractivity contribution in [2.45, 2.75) is 11.1 Å². The molecule has 0 heterocycles. The molecule has 13 heteroatoms. The highest BCUT2D eigenvalue weighted by atomic mass is 35.5. The second-order valence-electron chi connectivity index (χ2n) is 9.03. The van der Waals surface area contributed by atoms with Crippen molar-refractivity contribution in [3.8, 4) is 0 Å². The first kappa shape index (κ1) is 32.9. The summed E-state index contributed by atoms with van der Waals surface area (Å²) in [7, 11) is 0. The topological polar surface area (TPSA) is 87.3 Å². The predicted octanol–water partition coefficient (Wildman–Crippen LogP) is 8.81. The maximum Gasteiger partial charge on any atom is 0.416 e. The summed E-state index contributed by atoms with van der Waals surface area (Å²) < 4.78 is 39.1. The molecule has 0 unspecified atom stereocenters. The zero-order chi connectivity index (χ0) is 31.9. The smallest absolute Gasteiger partial charge is 0.324 e. The monoisotopic (exact) mass is 677 g/mol. The predicted molar refractivity (Wildman–Crippen MR) is 169 cm³/mol. The number of anilines is 2. The molecule has 3 amide bonds. The van der Waals surface area contributed by atoms with Crippen LogP contribution in [0.5, 0.6) is 0 Å². The number of hydrogen-bond donors (Lipinski definition) is 3. The lowest BCUT2D eigenvalue weighted by Gasteiger charge is -2.13. The summed E-state index contributed by atoms with van der Waals surface area (Å²) in [5.74, 6) is -1.93. The van der Waals surface area contributed by atoms with E-state index in [1.54, 1.807) is 72.8 Å². The Morgan fingerprint density at radius 1 is 0.795 bits per heavy atom. The van der Waals surface area contributed by atoms with E-state index in [1.165, 1.54) is 6.08 Å². The lowest BCUT2D eigenvalue weighted by Crippen LogP contribution is -2.30. The van der Waals surface area contributed by atoms with Gasteiger partial charge in [-0.05, 0) is 66.2 Å². The van der Waals surface area contributed by atoms with Crippen LogP contribution in [0.1, 0.15) is 21.5 Å². The number of carbonyl (C=O) groups excluding carboxylic acids is 3. The lowest BCUT2D eigenvalue weighted by atomic mass is 10.1. The fourth-order valence-electron chi connectivity index (χ4n) is 3.72. The van der Waals surface area contributed by atoms with E-state index in [-0.39, 0.29) is 32.2 Å². The number of amides is 3. The highest BCUT2D eigenvalue weighted by molar-refractivity contribution is 8.00. The van der Waals surface area contributed by atoms with Crippen LogP contribution in [-0.4, -0.2) is 23.5 Å². The Bertz CT molecular complexity index is 1730. The Kier molecular flexibility index (Phi) is 11.0. The van der Waals surface area contributed by atoms with Crippen LogP contribution in [0.4, 0.5) is 24.5 Å². The maximum absolute atomic E-state index is 13.4. The highest BCUT2D eigenvalue weighted by Gasteiger charge is 2.31. The minimum atomic E-state index is -4.59. The summed E-state index contributed by atoms with van der Waals surface area (Å²) >= 11 is 19.5. The van der Waals surface area contributed by atoms with Crippen molar-refractivity contribution in [3.63, 3.8) is 0 Å². The molecule has 0 aromatic heterocycles. The lowest BCUT2D eigenvalue weighted by molar-refractivity contribution is -0.137. The highest BCUT2D eigenvalue weighted by Crippen LogP contribution is 2.34. The summed E-state index contributed by atoms with van der Waals surface area (Å²) in [6.45, 7) is 0. The molecular formula is C31H21Cl3F3N3O3S. The van der Waals surface area contributed by atoms with Crippen LogP contribution in [0.15, 0.2) is 102 Å². The Morgan fingerprint density at radius 2 is 1.52 bits per heavy atom. The number of rotatable bonds is 9. The van der Waals surface area contributed by atoms with E-state index in [0.717, 1.165) is 30.0 Å². The number of alkyl halides is 3. The van der Waals surface area contributed by atoms with Crippen LogP contribution in [0.3, 0.4) is 0 Å². The molecule has 44 heavy (non-hydrogen) atoms. The molecule has 0 aliphatic heterocycles. The summed E-state index contributed by atoms with van der Waals surface area (Å²) in [4.78, 5) is 39.3. The van der Waals surface area contributed by atoms with Gasteiger partial charge < -0.3 is 16.0 Å². The second kappa shape index (κ2) is 14.7. The molecule has 3 N–H and O–H groups in total. The zero-order valence-corrected chi connectivity index (χ0v) is 25.4. The van der Waals surface area contributed by atoms with Crippen molar-refractivity contribution in [1.82, 2.24) is 5.32 Å². The van der Waals surface area contributed by atoms with Gasteiger partial charge in [0.05, 0.1) is 32.1 Å². The molecule has 0 spiro atoms. The Morgan fingerprint density at radius 3 is 2.25 bits per heavy atom. The number of hydrogen-bond acceptors (Lipinski definition) is 4.